The van der Waals surface area contributed by atoms with Gasteiger partial charge in [0.25, 0.3) is 0 Å². The summed E-state index contributed by atoms with van der Waals surface area (Å²) in [5.74, 6) is -1.35. The standard InChI is InChI=1S/C14H24N4O3/c1-5-6-7-11(9-21-4)15-13(19)14(20)16-12-8-18(3)17-10(12)2/h8,11H,5-7,9H2,1-4H3,(H,15,19)(H,16,20)/t11-/m1/s1. The van der Waals surface area contributed by atoms with E-state index in [1.165, 1.54) is 0 Å². The van der Waals surface area contributed by atoms with Crippen LogP contribution in [0, 0.1) is 6.92 Å². The summed E-state index contributed by atoms with van der Waals surface area (Å²) in [6.07, 6.45) is 4.44. The molecule has 1 heterocycles. The lowest BCUT2D eigenvalue weighted by Crippen LogP contribution is -2.43. The highest BCUT2D eigenvalue weighted by atomic mass is 16.5. The molecule has 0 spiro atoms. The van der Waals surface area contributed by atoms with Crippen LogP contribution in [0.5, 0.6) is 0 Å². The second-order valence-electron chi connectivity index (χ2n) is 5.02. The molecule has 0 aromatic carbocycles. The Kier molecular flexibility index (Phi) is 6.87. The van der Waals surface area contributed by atoms with E-state index in [9.17, 15) is 9.59 Å². The van der Waals surface area contributed by atoms with Gasteiger partial charge in [0, 0.05) is 20.4 Å². The molecule has 0 aliphatic carbocycles. The maximum Gasteiger partial charge on any atom is 0.313 e. The van der Waals surface area contributed by atoms with Gasteiger partial charge in [0.15, 0.2) is 0 Å². The third-order valence-corrected chi connectivity index (χ3v) is 3.08. The molecule has 118 valence electrons. The Balaban J connectivity index is 2.56. The minimum Gasteiger partial charge on any atom is -0.383 e. The molecule has 1 atom stereocenters. The van der Waals surface area contributed by atoms with Crippen molar-refractivity contribution in [1.29, 1.82) is 0 Å². The average molecular weight is 296 g/mol. The number of methoxy groups -OCH3 is 1. The Morgan fingerprint density at radius 2 is 2.14 bits per heavy atom. The second-order valence-corrected chi connectivity index (χ2v) is 5.02. The highest BCUT2D eigenvalue weighted by Crippen LogP contribution is 2.11. The number of amides is 2. The minimum absolute atomic E-state index is 0.150. The number of aromatic nitrogens is 2. The predicted molar refractivity (Wildman–Crippen MR) is 79.9 cm³/mol. The van der Waals surface area contributed by atoms with E-state index < -0.39 is 11.8 Å². The fourth-order valence-electron chi connectivity index (χ4n) is 2.00. The lowest BCUT2D eigenvalue weighted by molar-refractivity contribution is -0.136. The Labute approximate surface area is 125 Å². The summed E-state index contributed by atoms with van der Waals surface area (Å²) >= 11 is 0. The summed E-state index contributed by atoms with van der Waals surface area (Å²) in [6.45, 7) is 4.23. The first-order chi connectivity index (χ1) is 9.97. The van der Waals surface area contributed by atoms with Crippen molar-refractivity contribution < 1.29 is 14.3 Å². The molecule has 7 nitrogen and oxygen atoms in total. The molecule has 2 amide bonds. The molecule has 7 heteroatoms. The molecule has 21 heavy (non-hydrogen) atoms. The largest absolute Gasteiger partial charge is 0.383 e. The molecule has 1 rings (SSSR count). The summed E-state index contributed by atoms with van der Waals surface area (Å²) in [5, 5.41) is 9.36. The van der Waals surface area contributed by atoms with E-state index in [0.717, 1.165) is 19.3 Å². The summed E-state index contributed by atoms with van der Waals surface area (Å²) in [7, 11) is 3.33. The van der Waals surface area contributed by atoms with Crippen molar-refractivity contribution >= 4 is 17.5 Å². The lowest BCUT2D eigenvalue weighted by atomic mass is 10.1. The van der Waals surface area contributed by atoms with Gasteiger partial charge in [-0.15, -0.1) is 0 Å². The van der Waals surface area contributed by atoms with Crippen LogP contribution in [0.1, 0.15) is 31.9 Å². The Bertz CT molecular complexity index is 485. The van der Waals surface area contributed by atoms with Crippen molar-refractivity contribution in [3.63, 3.8) is 0 Å². The van der Waals surface area contributed by atoms with Gasteiger partial charge in [0.2, 0.25) is 0 Å². The monoisotopic (exact) mass is 296 g/mol. The number of anilines is 1. The molecule has 0 unspecified atom stereocenters. The number of carbonyl (C=O) groups excluding carboxylic acids is 2. The molecule has 0 aliphatic rings. The third kappa shape index (κ3) is 5.55. The molecule has 1 aromatic rings. The highest BCUT2D eigenvalue weighted by Gasteiger charge is 2.19. The number of nitrogens with zero attached hydrogens (tertiary/aromatic N) is 2. The van der Waals surface area contributed by atoms with Crippen molar-refractivity contribution in [2.24, 2.45) is 7.05 Å². The Morgan fingerprint density at radius 3 is 2.67 bits per heavy atom. The summed E-state index contributed by atoms with van der Waals surface area (Å²) in [4.78, 5) is 23.8. The van der Waals surface area contributed by atoms with Gasteiger partial charge in [-0.05, 0) is 13.3 Å². The molecule has 2 N–H and O–H groups in total. The molecular formula is C14H24N4O3. The lowest BCUT2D eigenvalue weighted by Gasteiger charge is -2.17. The molecule has 0 saturated carbocycles. The van der Waals surface area contributed by atoms with Gasteiger partial charge in [-0.25, -0.2) is 0 Å². The quantitative estimate of drug-likeness (QED) is 0.735. The first-order valence-corrected chi connectivity index (χ1v) is 7.09. The van der Waals surface area contributed by atoms with E-state index in [4.69, 9.17) is 4.74 Å². The van der Waals surface area contributed by atoms with Crippen LogP contribution in [-0.4, -0.2) is 41.4 Å². The number of hydrogen-bond acceptors (Lipinski definition) is 4. The minimum atomic E-state index is -0.691. The van der Waals surface area contributed by atoms with Crippen molar-refractivity contribution in [3.05, 3.63) is 11.9 Å². The molecule has 1 aromatic heterocycles. The van der Waals surface area contributed by atoms with Crippen molar-refractivity contribution in [2.75, 3.05) is 19.0 Å². The van der Waals surface area contributed by atoms with E-state index in [1.807, 2.05) is 0 Å². The summed E-state index contributed by atoms with van der Waals surface area (Å²) < 4.78 is 6.64. The van der Waals surface area contributed by atoms with Crippen LogP contribution in [-0.2, 0) is 21.4 Å². The zero-order chi connectivity index (χ0) is 15.8. The number of ether oxygens (including phenoxy) is 1. The first-order valence-electron chi connectivity index (χ1n) is 7.09. The molecule has 0 fully saturated rings. The number of unbranched alkanes of at least 4 members (excludes halogenated alkanes) is 1. The normalized spacial score (nSPS) is 12.0. The zero-order valence-electron chi connectivity index (χ0n) is 13.1. The van der Waals surface area contributed by atoms with Crippen LogP contribution in [0.3, 0.4) is 0 Å². The summed E-state index contributed by atoms with van der Waals surface area (Å²) in [6, 6.07) is -0.150. The third-order valence-electron chi connectivity index (χ3n) is 3.08. The van der Waals surface area contributed by atoms with Gasteiger partial charge in [-0.1, -0.05) is 19.8 Å². The molecular weight excluding hydrogens is 272 g/mol. The van der Waals surface area contributed by atoms with Gasteiger partial charge < -0.3 is 15.4 Å². The maximum absolute atomic E-state index is 11.9. The zero-order valence-corrected chi connectivity index (χ0v) is 13.1. The number of hydrogen-bond donors (Lipinski definition) is 2. The van der Waals surface area contributed by atoms with Gasteiger partial charge >= 0.3 is 11.8 Å². The van der Waals surface area contributed by atoms with Crippen LogP contribution in [0.25, 0.3) is 0 Å². The predicted octanol–water partition coefficient (Wildman–Crippen LogP) is 0.988. The maximum atomic E-state index is 11.9. The van der Waals surface area contributed by atoms with E-state index in [2.05, 4.69) is 22.7 Å². The van der Waals surface area contributed by atoms with Crippen LogP contribution >= 0.6 is 0 Å². The average Bonchev–Trinajstić information content (AvgIpc) is 2.74. The fraction of sp³-hybridized carbons (Fsp3) is 0.643. The number of carbonyl (C=O) groups is 2. The first kappa shape index (κ1) is 17.2. The van der Waals surface area contributed by atoms with Crippen molar-refractivity contribution in [3.8, 4) is 0 Å². The van der Waals surface area contributed by atoms with Crippen LogP contribution in [0.4, 0.5) is 5.69 Å². The number of aryl methyl sites for hydroxylation is 2. The molecule has 0 bridgehead atoms. The molecule has 0 aliphatic heterocycles. The number of rotatable bonds is 7. The van der Waals surface area contributed by atoms with E-state index in [0.29, 0.717) is 18.0 Å². The van der Waals surface area contributed by atoms with E-state index in [1.54, 1.807) is 32.0 Å². The van der Waals surface area contributed by atoms with Crippen molar-refractivity contribution in [2.45, 2.75) is 39.2 Å². The van der Waals surface area contributed by atoms with Crippen LogP contribution in [0.2, 0.25) is 0 Å². The second kappa shape index (κ2) is 8.41. The van der Waals surface area contributed by atoms with Gasteiger partial charge in [0.05, 0.1) is 24.0 Å². The van der Waals surface area contributed by atoms with Crippen molar-refractivity contribution in [1.82, 2.24) is 15.1 Å². The van der Waals surface area contributed by atoms with Crippen LogP contribution in [0.15, 0.2) is 6.20 Å². The number of nitrogens with one attached hydrogen (secondary N) is 2. The van der Waals surface area contributed by atoms with Gasteiger partial charge in [-0.2, -0.15) is 5.10 Å². The van der Waals surface area contributed by atoms with Gasteiger partial charge in [-0.3, -0.25) is 14.3 Å². The van der Waals surface area contributed by atoms with E-state index >= 15 is 0 Å². The molecule has 0 radical (unpaired) electrons. The highest BCUT2D eigenvalue weighted by molar-refractivity contribution is 6.39. The van der Waals surface area contributed by atoms with E-state index in [-0.39, 0.29) is 6.04 Å². The van der Waals surface area contributed by atoms with Gasteiger partial charge in [0.1, 0.15) is 0 Å². The SMILES string of the molecule is CCCC[C@H](COC)NC(=O)C(=O)Nc1cn(C)nc1C. The fourth-order valence-corrected chi connectivity index (χ4v) is 2.00. The topological polar surface area (TPSA) is 85.2 Å². The smallest absolute Gasteiger partial charge is 0.313 e. The summed E-state index contributed by atoms with van der Waals surface area (Å²) in [5.41, 5.74) is 1.20. The van der Waals surface area contributed by atoms with Crippen LogP contribution < -0.4 is 10.6 Å². The Morgan fingerprint density at radius 1 is 1.43 bits per heavy atom. The Hall–Kier alpha value is -1.89. The molecule has 0 saturated heterocycles.